The van der Waals surface area contributed by atoms with Crippen LogP contribution in [-0.4, -0.2) is 45.4 Å². The first-order valence-electron chi connectivity index (χ1n) is 10.4. The third-order valence-corrected chi connectivity index (χ3v) is 6.72. The molecular formula is C22H24FN5OS. The van der Waals surface area contributed by atoms with E-state index < -0.39 is 5.82 Å². The maximum absolute atomic E-state index is 14.7. The van der Waals surface area contributed by atoms with Gasteiger partial charge in [0.05, 0.1) is 16.3 Å². The van der Waals surface area contributed by atoms with Gasteiger partial charge in [0.15, 0.2) is 5.82 Å². The molecule has 30 heavy (non-hydrogen) atoms. The van der Waals surface area contributed by atoms with Crippen LogP contribution in [0.3, 0.4) is 0 Å². The van der Waals surface area contributed by atoms with E-state index >= 15 is 0 Å². The molecule has 0 amide bonds. The van der Waals surface area contributed by atoms with Gasteiger partial charge in [-0.3, -0.25) is 0 Å². The third-order valence-electron chi connectivity index (χ3n) is 5.81. The van der Waals surface area contributed by atoms with Crippen LogP contribution in [0.15, 0.2) is 30.3 Å². The summed E-state index contributed by atoms with van der Waals surface area (Å²) in [6, 6.07) is 8.73. The van der Waals surface area contributed by atoms with Crippen LogP contribution < -0.4 is 10.2 Å². The molecule has 1 saturated heterocycles. The van der Waals surface area contributed by atoms with Crippen LogP contribution >= 0.6 is 11.5 Å². The molecule has 1 aliphatic carbocycles. The lowest BCUT2D eigenvalue weighted by atomic mass is 10.1. The molecule has 2 aromatic heterocycles. The second kappa shape index (κ2) is 7.92. The van der Waals surface area contributed by atoms with E-state index in [4.69, 9.17) is 0 Å². The quantitative estimate of drug-likeness (QED) is 0.622. The van der Waals surface area contributed by atoms with Crippen molar-refractivity contribution in [2.75, 3.05) is 24.5 Å². The number of halogens is 1. The van der Waals surface area contributed by atoms with E-state index in [9.17, 15) is 9.50 Å². The molecule has 0 spiro atoms. The Morgan fingerprint density at radius 3 is 2.73 bits per heavy atom. The number of nitrogens with zero attached hydrogens (tertiary/aromatic N) is 4. The maximum atomic E-state index is 14.7. The lowest BCUT2D eigenvalue weighted by Crippen LogP contribution is -2.34. The molecule has 2 fully saturated rings. The minimum Gasteiger partial charge on any atom is -0.507 e. The summed E-state index contributed by atoms with van der Waals surface area (Å²) in [5, 5.41) is 22.7. The minimum absolute atomic E-state index is 0.0231. The molecule has 1 saturated carbocycles. The fourth-order valence-corrected chi connectivity index (χ4v) is 4.65. The summed E-state index contributed by atoms with van der Waals surface area (Å²) < 4.78 is 18.9. The summed E-state index contributed by atoms with van der Waals surface area (Å²) in [6.07, 6.45) is 3.81. The van der Waals surface area contributed by atoms with Crippen LogP contribution in [0.1, 0.15) is 25.0 Å². The van der Waals surface area contributed by atoms with Crippen molar-refractivity contribution in [1.29, 1.82) is 0 Å². The van der Waals surface area contributed by atoms with Gasteiger partial charge in [-0.1, -0.05) is 0 Å². The lowest BCUT2D eigenvalue weighted by molar-refractivity contribution is 0.475. The zero-order chi connectivity index (χ0) is 20.7. The Bertz CT molecular complexity index is 1050. The van der Waals surface area contributed by atoms with E-state index in [1.54, 1.807) is 12.1 Å². The molecule has 0 unspecified atom stereocenters. The van der Waals surface area contributed by atoms with Crippen molar-refractivity contribution in [1.82, 2.24) is 19.9 Å². The predicted octanol–water partition coefficient (Wildman–Crippen LogP) is 4.00. The van der Waals surface area contributed by atoms with Crippen molar-refractivity contribution in [3.63, 3.8) is 0 Å². The van der Waals surface area contributed by atoms with E-state index in [2.05, 4.69) is 24.8 Å². The second-order valence-corrected chi connectivity index (χ2v) is 9.05. The number of hydrogen-bond acceptors (Lipinski definition) is 7. The average molecular weight is 426 g/mol. The molecule has 1 aromatic carbocycles. The van der Waals surface area contributed by atoms with Crippen molar-refractivity contribution in [2.24, 2.45) is 5.92 Å². The summed E-state index contributed by atoms with van der Waals surface area (Å²) >= 11 is 1.21. The highest BCUT2D eigenvalue weighted by atomic mass is 32.1. The Labute approximate surface area is 178 Å². The van der Waals surface area contributed by atoms with Crippen molar-refractivity contribution in [2.45, 2.75) is 32.2 Å². The average Bonchev–Trinajstić information content (AvgIpc) is 3.28. The highest BCUT2D eigenvalue weighted by Crippen LogP contribution is 2.36. The van der Waals surface area contributed by atoms with Gasteiger partial charge in [0.2, 0.25) is 0 Å². The summed E-state index contributed by atoms with van der Waals surface area (Å²) in [6.45, 7) is 4.84. The largest absolute Gasteiger partial charge is 0.507 e. The third kappa shape index (κ3) is 4.02. The first-order valence-corrected chi connectivity index (χ1v) is 11.1. The fraction of sp³-hybridized carbons (Fsp3) is 0.409. The molecule has 1 atom stereocenters. The first-order chi connectivity index (χ1) is 14.6. The van der Waals surface area contributed by atoms with Crippen LogP contribution in [-0.2, 0) is 0 Å². The molecule has 0 bridgehead atoms. The maximum Gasteiger partial charge on any atom is 0.151 e. The number of aromatic hydroxyl groups is 1. The van der Waals surface area contributed by atoms with E-state index in [0.717, 1.165) is 43.5 Å². The van der Waals surface area contributed by atoms with Gasteiger partial charge >= 0.3 is 0 Å². The molecule has 2 aliphatic rings. The van der Waals surface area contributed by atoms with Gasteiger partial charge in [0.1, 0.15) is 11.6 Å². The standard InChI is InChI=1S/C22H24FN5OS/c1-13-8-21(30-27-13)16-10-20(29)17(9-18(16)23)19-4-5-22(26-25-19)28-7-6-15(12-28)24-11-14-2-3-14/h4-5,8-10,14-15,24,29H,2-3,6-7,11-12H2,1H3/t15-/m1/s1. The topological polar surface area (TPSA) is 74.2 Å². The molecule has 0 radical (unpaired) electrons. The molecule has 1 aliphatic heterocycles. The van der Waals surface area contributed by atoms with E-state index in [0.29, 0.717) is 27.7 Å². The van der Waals surface area contributed by atoms with Gasteiger partial charge in [0.25, 0.3) is 0 Å². The van der Waals surface area contributed by atoms with Crippen LogP contribution in [0.2, 0.25) is 0 Å². The van der Waals surface area contributed by atoms with Gasteiger partial charge < -0.3 is 15.3 Å². The first kappa shape index (κ1) is 19.4. The van der Waals surface area contributed by atoms with E-state index in [1.807, 2.05) is 13.0 Å². The number of hydrogen-bond donors (Lipinski definition) is 2. The Morgan fingerprint density at radius 1 is 1.17 bits per heavy atom. The second-order valence-electron chi connectivity index (χ2n) is 8.24. The number of aryl methyl sites for hydroxylation is 1. The van der Waals surface area contributed by atoms with E-state index in [1.165, 1.54) is 36.5 Å². The summed E-state index contributed by atoms with van der Waals surface area (Å²) in [5.74, 6) is 1.25. The number of phenolic OH excluding ortho intramolecular Hbond substituents is 1. The van der Waals surface area contributed by atoms with Gasteiger partial charge in [-0.15, -0.1) is 10.2 Å². The smallest absolute Gasteiger partial charge is 0.151 e. The van der Waals surface area contributed by atoms with Crippen LogP contribution in [0, 0.1) is 18.7 Å². The minimum atomic E-state index is -0.415. The molecule has 156 valence electrons. The number of benzene rings is 1. The van der Waals surface area contributed by atoms with Crippen molar-refractivity contribution < 1.29 is 9.50 Å². The summed E-state index contributed by atoms with van der Waals surface area (Å²) in [4.78, 5) is 2.91. The molecule has 6 nitrogen and oxygen atoms in total. The number of nitrogens with one attached hydrogen (secondary N) is 1. The molecule has 8 heteroatoms. The monoisotopic (exact) mass is 425 g/mol. The highest BCUT2D eigenvalue weighted by molar-refractivity contribution is 7.09. The lowest BCUT2D eigenvalue weighted by Gasteiger charge is -2.17. The molecule has 5 rings (SSSR count). The van der Waals surface area contributed by atoms with Crippen molar-refractivity contribution in [3.8, 4) is 27.4 Å². The van der Waals surface area contributed by atoms with Gasteiger partial charge in [-0.05, 0) is 80.5 Å². The zero-order valence-corrected chi connectivity index (χ0v) is 17.6. The van der Waals surface area contributed by atoms with Crippen molar-refractivity contribution >= 4 is 17.4 Å². The Kier molecular flexibility index (Phi) is 5.12. The number of aromatic nitrogens is 3. The van der Waals surface area contributed by atoms with Gasteiger partial charge in [-0.2, -0.15) is 4.37 Å². The Morgan fingerprint density at radius 2 is 2.03 bits per heavy atom. The molecule has 3 aromatic rings. The fourth-order valence-electron chi connectivity index (χ4n) is 3.87. The Balaban J connectivity index is 1.31. The molecule has 3 heterocycles. The summed E-state index contributed by atoms with van der Waals surface area (Å²) in [5.41, 5.74) is 1.95. The van der Waals surface area contributed by atoms with Crippen molar-refractivity contribution in [3.05, 3.63) is 41.8 Å². The van der Waals surface area contributed by atoms with Crippen LogP contribution in [0.4, 0.5) is 10.2 Å². The van der Waals surface area contributed by atoms with Crippen LogP contribution in [0.25, 0.3) is 21.7 Å². The summed E-state index contributed by atoms with van der Waals surface area (Å²) in [7, 11) is 0. The number of phenols is 1. The highest BCUT2D eigenvalue weighted by Gasteiger charge is 2.27. The molecular weight excluding hydrogens is 401 g/mol. The van der Waals surface area contributed by atoms with Gasteiger partial charge in [-0.25, -0.2) is 4.39 Å². The van der Waals surface area contributed by atoms with E-state index in [-0.39, 0.29) is 5.75 Å². The SMILES string of the molecule is Cc1cc(-c2cc(O)c(-c3ccc(N4CC[C@@H](NCC5CC5)C4)nn3)cc2F)sn1. The number of rotatable bonds is 6. The normalized spacial score (nSPS) is 18.9. The zero-order valence-electron chi connectivity index (χ0n) is 16.8. The predicted molar refractivity (Wildman–Crippen MR) is 116 cm³/mol. The molecule has 2 N–H and O–H groups in total. The van der Waals surface area contributed by atoms with Gasteiger partial charge in [0, 0.05) is 30.3 Å². The number of anilines is 1. The Hall–Kier alpha value is -2.58. The van der Waals surface area contributed by atoms with Crippen LogP contribution in [0.5, 0.6) is 5.75 Å².